The summed E-state index contributed by atoms with van der Waals surface area (Å²) in [6.45, 7) is 13.3. The van der Waals surface area contributed by atoms with Crippen LogP contribution >= 0.6 is 0 Å². The third-order valence-electron chi connectivity index (χ3n) is 7.80. The summed E-state index contributed by atoms with van der Waals surface area (Å²) >= 11 is 0. The molecule has 10 nitrogen and oxygen atoms in total. The van der Waals surface area contributed by atoms with Crippen LogP contribution in [0.25, 0.3) is 28.1 Å². The number of ether oxygens (including phenoxy) is 1. The third-order valence-corrected chi connectivity index (χ3v) is 12.3. The van der Waals surface area contributed by atoms with Crippen LogP contribution < -0.4 is 15.0 Å². The highest BCUT2D eigenvalue weighted by Crippen LogP contribution is 2.37. The van der Waals surface area contributed by atoms with Crippen LogP contribution in [0.15, 0.2) is 41.1 Å². The minimum Gasteiger partial charge on any atom is -0.474 e. The summed E-state index contributed by atoms with van der Waals surface area (Å²) in [6, 6.07) is 7.51. The van der Waals surface area contributed by atoms with Gasteiger partial charge in [0.1, 0.15) is 23.7 Å². The number of carbonyl (C=O) groups is 1. The Hall–Kier alpha value is -3.44. The van der Waals surface area contributed by atoms with Crippen molar-refractivity contribution in [1.82, 2.24) is 24.9 Å². The van der Waals surface area contributed by atoms with Crippen LogP contribution in [-0.4, -0.2) is 66.7 Å². The van der Waals surface area contributed by atoms with E-state index in [0.717, 1.165) is 48.5 Å². The molecule has 0 saturated carbocycles. The molecule has 5 rings (SSSR count). The zero-order chi connectivity index (χ0) is 27.8. The van der Waals surface area contributed by atoms with Gasteiger partial charge in [0.15, 0.2) is 19.7 Å². The lowest BCUT2D eigenvalue weighted by molar-refractivity contribution is -0.119. The van der Waals surface area contributed by atoms with E-state index in [9.17, 15) is 4.79 Å². The fourth-order valence-electron chi connectivity index (χ4n) is 4.42. The number of imidazole rings is 1. The van der Waals surface area contributed by atoms with Gasteiger partial charge >= 0.3 is 0 Å². The van der Waals surface area contributed by atoms with E-state index < -0.39 is 8.32 Å². The summed E-state index contributed by atoms with van der Waals surface area (Å²) in [7, 11) is 0.290. The molecule has 208 valence electrons. The van der Waals surface area contributed by atoms with Crippen LogP contribution in [-0.2, 0) is 9.22 Å². The fraction of sp³-hybridized carbons (Fsp3) is 0.500. The van der Waals surface area contributed by atoms with Gasteiger partial charge < -0.3 is 23.8 Å². The Kier molecular flexibility index (Phi) is 7.38. The summed E-state index contributed by atoms with van der Waals surface area (Å²) < 4.78 is 20.2. The van der Waals surface area contributed by atoms with Crippen molar-refractivity contribution in [2.45, 2.75) is 64.2 Å². The van der Waals surface area contributed by atoms with E-state index in [1.807, 2.05) is 25.2 Å². The quantitative estimate of drug-likeness (QED) is 0.216. The topological polar surface area (TPSA) is 107 Å². The molecule has 39 heavy (non-hydrogen) atoms. The number of fused-ring (bicyclic) bond motifs is 2. The van der Waals surface area contributed by atoms with Crippen LogP contribution in [0.2, 0.25) is 18.1 Å². The Morgan fingerprint density at radius 1 is 1.23 bits per heavy atom. The number of rotatable bonds is 10. The summed E-state index contributed by atoms with van der Waals surface area (Å²) in [5, 5.41) is 8.67. The van der Waals surface area contributed by atoms with Gasteiger partial charge in [-0.1, -0.05) is 20.8 Å². The summed E-state index contributed by atoms with van der Waals surface area (Å²) in [5.41, 5.74) is 2.15. The van der Waals surface area contributed by atoms with Crippen LogP contribution in [0.5, 0.6) is 5.88 Å². The van der Waals surface area contributed by atoms with E-state index in [4.69, 9.17) is 13.6 Å². The number of nitrogens with one attached hydrogen (secondary N) is 1. The largest absolute Gasteiger partial charge is 0.474 e. The second-order valence-electron chi connectivity index (χ2n) is 11.7. The van der Waals surface area contributed by atoms with Crippen molar-refractivity contribution < 1.29 is 18.4 Å². The molecular formula is C28H38N6O4Si. The summed E-state index contributed by atoms with van der Waals surface area (Å²) in [5.74, 6) is 2.03. The molecular weight excluding hydrogens is 512 g/mol. The predicted molar refractivity (Wildman–Crippen MR) is 154 cm³/mol. The molecule has 5 heterocycles. The lowest BCUT2D eigenvalue weighted by Crippen LogP contribution is -2.41. The van der Waals surface area contributed by atoms with E-state index >= 15 is 0 Å². The Balaban J connectivity index is 1.31. The first-order valence-corrected chi connectivity index (χ1v) is 16.4. The lowest BCUT2D eigenvalue weighted by atomic mass is 10.2. The van der Waals surface area contributed by atoms with Gasteiger partial charge in [0.05, 0.1) is 17.6 Å². The van der Waals surface area contributed by atoms with Gasteiger partial charge in [-0.2, -0.15) is 0 Å². The highest BCUT2D eigenvalue weighted by Gasteiger charge is 2.36. The normalized spacial score (nSPS) is 16.3. The standard InChI is InChI=1S/C28H38N6O4Si/c1-28(2,3)39(5,6)37-15-7-14-33(4)27-20-16-23(38-22(20)12-13-29-27)21-17-30-24-9-11-26(32-34(21)24)36-18-19-8-10-25(35)31-19/h9,11-13,16-17,19H,7-8,10,14-15,18H2,1-6H3,(H,31,35)/t19-/m1/s1. The van der Waals surface area contributed by atoms with E-state index in [1.54, 1.807) is 23.0 Å². The molecule has 4 aromatic rings. The monoisotopic (exact) mass is 550 g/mol. The summed E-state index contributed by atoms with van der Waals surface area (Å²) in [6.07, 6.45) is 5.74. The molecule has 1 amide bonds. The zero-order valence-electron chi connectivity index (χ0n) is 23.7. The average Bonchev–Trinajstić information content (AvgIpc) is 3.61. The number of pyridine rings is 1. The first-order chi connectivity index (χ1) is 18.5. The Morgan fingerprint density at radius 2 is 2.05 bits per heavy atom. The number of anilines is 1. The van der Waals surface area contributed by atoms with Gasteiger partial charge in [0, 0.05) is 38.9 Å². The van der Waals surface area contributed by atoms with Crippen molar-refractivity contribution in [2.24, 2.45) is 0 Å². The van der Waals surface area contributed by atoms with Crippen LogP contribution in [0.3, 0.4) is 0 Å². The van der Waals surface area contributed by atoms with Crippen LogP contribution in [0.4, 0.5) is 5.82 Å². The lowest BCUT2D eigenvalue weighted by Gasteiger charge is -2.36. The molecule has 0 radical (unpaired) electrons. The molecule has 11 heteroatoms. The molecule has 1 aliphatic heterocycles. The van der Waals surface area contributed by atoms with E-state index in [-0.39, 0.29) is 17.0 Å². The van der Waals surface area contributed by atoms with Crippen molar-refractivity contribution in [1.29, 1.82) is 0 Å². The SMILES string of the molecule is CN(CCCO[Si](C)(C)C(C)(C)C)c1nccc2oc(-c3cnc4ccc(OC[C@H]5CCC(=O)N5)nn34)cc12. The molecule has 1 aliphatic rings. The van der Waals surface area contributed by atoms with Crippen molar-refractivity contribution in [3.05, 3.63) is 36.7 Å². The third kappa shape index (κ3) is 5.79. The number of aromatic nitrogens is 4. The van der Waals surface area contributed by atoms with E-state index in [1.165, 1.54) is 0 Å². The Morgan fingerprint density at radius 3 is 2.79 bits per heavy atom. The minimum atomic E-state index is -1.76. The molecule has 0 unspecified atom stereocenters. The number of amides is 1. The first-order valence-electron chi connectivity index (χ1n) is 13.5. The predicted octanol–water partition coefficient (Wildman–Crippen LogP) is 5.04. The molecule has 0 spiro atoms. The molecule has 0 bridgehead atoms. The van der Waals surface area contributed by atoms with Gasteiger partial charge in [0.25, 0.3) is 0 Å². The highest BCUT2D eigenvalue weighted by molar-refractivity contribution is 6.74. The maximum Gasteiger partial charge on any atom is 0.231 e. The Bertz CT molecular complexity index is 1470. The van der Waals surface area contributed by atoms with Gasteiger partial charge in [-0.05, 0) is 49.2 Å². The molecule has 0 aromatic carbocycles. The zero-order valence-corrected chi connectivity index (χ0v) is 24.7. The molecule has 1 saturated heterocycles. The smallest absolute Gasteiger partial charge is 0.231 e. The van der Waals surface area contributed by atoms with Gasteiger partial charge in [-0.15, -0.1) is 5.10 Å². The van der Waals surface area contributed by atoms with Crippen LogP contribution in [0.1, 0.15) is 40.0 Å². The van der Waals surface area contributed by atoms with E-state index in [2.05, 4.69) is 59.1 Å². The van der Waals surface area contributed by atoms with Crippen molar-refractivity contribution in [3.8, 4) is 17.3 Å². The molecule has 1 N–H and O–H groups in total. The maximum atomic E-state index is 11.5. The number of carbonyl (C=O) groups excluding carboxylic acids is 1. The van der Waals surface area contributed by atoms with Gasteiger partial charge in [-0.25, -0.2) is 14.5 Å². The number of hydrogen-bond acceptors (Lipinski definition) is 8. The highest BCUT2D eigenvalue weighted by atomic mass is 28.4. The first kappa shape index (κ1) is 27.1. The molecule has 1 atom stereocenters. The minimum absolute atomic E-state index is 0.00848. The van der Waals surface area contributed by atoms with E-state index in [0.29, 0.717) is 30.3 Å². The Labute approximate surface area is 229 Å². The molecule has 1 fully saturated rings. The van der Waals surface area contributed by atoms with Gasteiger partial charge in [0.2, 0.25) is 11.8 Å². The van der Waals surface area contributed by atoms with Gasteiger partial charge in [-0.3, -0.25) is 4.79 Å². The second-order valence-corrected chi connectivity index (χ2v) is 16.5. The van der Waals surface area contributed by atoms with Crippen molar-refractivity contribution in [2.75, 3.05) is 31.7 Å². The number of nitrogens with zero attached hydrogens (tertiary/aromatic N) is 5. The second kappa shape index (κ2) is 10.6. The molecule has 4 aromatic heterocycles. The fourth-order valence-corrected chi connectivity index (χ4v) is 5.51. The summed E-state index contributed by atoms with van der Waals surface area (Å²) in [4.78, 5) is 22.8. The van der Waals surface area contributed by atoms with Crippen LogP contribution in [0, 0.1) is 0 Å². The maximum absolute atomic E-state index is 11.5. The van der Waals surface area contributed by atoms with Crippen molar-refractivity contribution in [3.63, 3.8) is 0 Å². The molecule has 0 aliphatic carbocycles. The van der Waals surface area contributed by atoms with Crippen molar-refractivity contribution >= 4 is 36.7 Å². The number of hydrogen-bond donors (Lipinski definition) is 1. The average molecular weight is 551 g/mol. The number of furan rings is 1.